The Balaban J connectivity index is 1.24. The van der Waals surface area contributed by atoms with Gasteiger partial charge in [0.15, 0.2) is 5.65 Å². The van der Waals surface area contributed by atoms with E-state index in [4.69, 9.17) is 5.73 Å². The fourth-order valence-electron chi connectivity index (χ4n) is 4.96. The second kappa shape index (κ2) is 9.86. The van der Waals surface area contributed by atoms with E-state index in [0.717, 1.165) is 5.69 Å². The van der Waals surface area contributed by atoms with E-state index in [2.05, 4.69) is 30.4 Å². The summed E-state index contributed by atoms with van der Waals surface area (Å²) < 4.78 is 16.1. The Morgan fingerprint density at radius 3 is 2.80 bits per heavy atom. The molecule has 14 heteroatoms. The summed E-state index contributed by atoms with van der Waals surface area (Å²) in [4.78, 5) is 58.0. The number of hydrogen-bond donors (Lipinski definition) is 2. The maximum Gasteiger partial charge on any atom is 0.268 e. The van der Waals surface area contributed by atoms with Gasteiger partial charge in [-0.15, -0.1) is 11.3 Å². The van der Waals surface area contributed by atoms with Crippen LogP contribution in [0.5, 0.6) is 0 Å². The Morgan fingerprint density at radius 2 is 2.02 bits per heavy atom. The Labute approximate surface area is 231 Å². The molecule has 204 valence electrons. The van der Waals surface area contributed by atoms with Crippen LogP contribution in [-0.2, 0) is 14.4 Å². The average Bonchev–Trinajstić information content (AvgIpc) is 3.66. The number of carbonyl (C=O) groups is 3. The molecule has 3 N–H and O–H groups in total. The Morgan fingerprint density at radius 1 is 1.20 bits per heavy atom. The van der Waals surface area contributed by atoms with Crippen LogP contribution >= 0.6 is 11.3 Å². The van der Waals surface area contributed by atoms with Gasteiger partial charge in [0.2, 0.25) is 11.8 Å². The van der Waals surface area contributed by atoms with E-state index < -0.39 is 36.0 Å². The fraction of sp³-hybridized carbons (Fsp3) is 0.308. The maximum atomic E-state index is 14.5. The summed E-state index contributed by atoms with van der Waals surface area (Å²) in [5, 5.41) is 7.61. The number of thiazole rings is 1. The number of nitrogens with zero attached hydrogens (tertiary/aromatic N) is 7. The number of carbonyl (C=O) groups excluding carboxylic acids is 3. The molecule has 1 fully saturated rings. The van der Waals surface area contributed by atoms with Crippen molar-refractivity contribution in [1.29, 1.82) is 0 Å². The number of fused-ring (bicyclic) bond motifs is 2. The van der Waals surface area contributed by atoms with Crippen LogP contribution in [0.15, 0.2) is 41.7 Å². The van der Waals surface area contributed by atoms with Crippen LogP contribution in [0.25, 0.3) is 16.2 Å². The molecule has 40 heavy (non-hydrogen) atoms. The minimum Gasteiger partial charge on any atom is -0.364 e. The molecule has 6 heterocycles. The molecule has 6 rings (SSSR count). The number of rotatable bonds is 6. The SMILES string of the molecule is Cc1cccc(NC(=O)[C@@H]2C[C@@H](F)CN2C(=O)CC2N=C(C(N)=O)c3sc(-c4cnc5cc(C)nn5c4)nc32)n1. The summed E-state index contributed by atoms with van der Waals surface area (Å²) >= 11 is 1.22. The molecule has 12 nitrogen and oxygen atoms in total. The van der Waals surface area contributed by atoms with Gasteiger partial charge in [0.25, 0.3) is 5.91 Å². The number of aromatic nitrogens is 5. The number of amides is 3. The Kier molecular flexibility index (Phi) is 6.33. The number of pyridine rings is 1. The van der Waals surface area contributed by atoms with Gasteiger partial charge in [0.05, 0.1) is 29.2 Å². The largest absolute Gasteiger partial charge is 0.364 e. The number of likely N-dealkylation sites (tertiary alicyclic amines) is 1. The third kappa shape index (κ3) is 4.70. The summed E-state index contributed by atoms with van der Waals surface area (Å²) in [5.74, 6) is -1.42. The highest BCUT2D eigenvalue weighted by Gasteiger charge is 2.42. The van der Waals surface area contributed by atoms with Crippen molar-refractivity contribution in [3.8, 4) is 10.6 Å². The lowest BCUT2D eigenvalue weighted by molar-refractivity contribution is -0.137. The van der Waals surface area contributed by atoms with Crippen LogP contribution in [0.2, 0.25) is 0 Å². The van der Waals surface area contributed by atoms with E-state index in [1.807, 2.05) is 13.0 Å². The maximum absolute atomic E-state index is 14.5. The average molecular weight is 562 g/mol. The number of aryl methyl sites for hydroxylation is 2. The lowest BCUT2D eigenvalue weighted by Crippen LogP contribution is -2.43. The predicted octanol–water partition coefficient (Wildman–Crippen LogP) is 2.16. The standard InChI is InChI=1S/C26H24FN9O3S/c1-12-4-3-5-18(30-12)32-25(39)17-7-15(27)11-35(17)20(37)8-16-21-23(22(31-16)24(28)38)40-26(33-21)14-9-29-19-6-13(2)34-36(19)10-14/h3-6,9-10,15-17H,7-8,11H2,1-2H3,(H2,28,38)(H,30,32,39)/t15-,16?,17+/m1/s1. The first-order chi connectivity index (χ1) is 19.2. The Hall–Kier alpha value is -4.59. The summed E-state index contributed by atoms with van der Waals surface area (Å²) in [5.41, 5.74) is 8.93. The zero-order chi connectivity index (χ0) is 28.1. The number of hydrogen-bond acceptors (Lipinski definition) is 9. The molecule has 1 saturated heterocycles. The molecule has 1 unspecified atom stereocenters. The monoisotopic (exact) mass is 561 g/mol. The minimum atomic E-state index is -1.35. The topological polar surface area (TPSA) is 161 Å². The van der Waals surface area contributed by atoms with Crippen molar-refractivity contribution >= 4 is 46.2 Å². The van der Waals surface area contributed by atoms with Gasteiger partial charge in [-0.2, -0.15) is 5.10 Å². The Bertz CT molecular complexity index is 1710. The van der Waals surface area contributed by atoms with E-state index in [1.54, 1.807) is 42.0 Å². The first-order valence-electron chi connectivity index (χ1n) is 12.6. The van der Waals surface area contributed by atoms with Crippen LogP contribution in [0, 0.1) is 13.8 Å². The van der Waals surface area contributed by atoms with E-state index in [9.17, 15) is 18.8 Å². The van der Waals surface area contributed by atoms with Gasteiger partial charge >= 0.3 is 0 Å². The molecule has 0 radical (unpaired) electrons. The number of nitrogens with two attached hydrogens (primary N) is 1. The van der Waals surface area contributed by atoms with Gasteiger partial charge in [-0.25, -0.2) is 23.9 Å². The number of halogens is 1. The van der Waals surface area contributed by atoms with Crippen molar-refractivity contribution < 1.29 is 18.8 Å². The second-order valence-electron chi connectivity index (χ2n) is 9.77. The molecule has 0 aromatic carbocycles. The van der Waals surface area contributed by atoms with Crippen LogP contribution in [0.1, 0.15) is 40.8 Å². The van der Waals surface area contributed by atoms with Crippen LogP contribution < -0.4 is 11.1 Å². The van der Waals surface area contributed by atoms with Gasteiger partial charge in [-0.3, -0.25) is 19.4 Å². The number of aliphatic imine (C=N–C) groups is 1. The van der Waals surface area contributed by atoms with Gasteiger partial charge in [0.1, 0.15) is 34.8 Å². The summed E-state index contributed by atoms with van der Waals surface area (Å²) in [6.45, 7) is 3.43. The molecule has 3 amide bonds. The first-order valence-corrected chi connectivity index (χ1v) is 13.4. The molecule has 2 aliphatic heterocycles. The van der Waals surface area contributed by atoms with Crippen LogP contribution in [-0.4, -0.2) is 71.7 Å². The molecular formula is C26H24FN9O3S. The highest BCUT2D eigenvalue weighted by Crippen LogP contribution is 2.39. The summed E-state index contributed by atoms with van der Waals surface area (Å²) in [6, 6.07) is 5.18. The van der Waals surface area contributed by atoms with Crippen molar-refractivity contribution in [3.05, 3.63) is 58.6 Å². The van der Waals surface area contributed by atoms with Gasteiger partial charge < -0.3 is 16.0 Å². The third-order valence-corrected chi connectivity index (χ3v) is 7.89. The van der Waals surface area contributed by atoms with E-state index >= 15 is 0 Å². The van der Waals surface area contributed by atoms with Crippen LogP contribution in [0.4, 0.5) is 10.2 Å². The fourth-order valence-corrected chi connectivity index (χ4v) is 6.06. The first kappa shape index (κ1) is 25.7. The lowest BCUT2D eigenvalue weighted by Gasteiger charge is -2.24. The molecule has 0 bridgehead atoms. The van der Waals surface area contributed by atoms with Crippen molar-refractivity contribution in [2.45, 2.75) is 44.9 Å². The molecular weight excluding hydrogens is 537 g/mol. The summed E-state index contributed by atoms with van der Waals surface area (Å²) in [6.07, 6.45) is 1.75. The van der Waals surface area contributed by atoms with Crippen LogP contribution in [0.3, 0.4) is 0 Å². The van der Waals surface area contributed by atoms with E-state index in [0.29, 0.717) is 38.3 Å². The second-order valence-corrected chi connectivity index (χ2v) is 10.8. The molecule has 3 atom stereocenters. The molecule has 2 aliphatic rings. The number of primary amides is 1. The van der Waals surface area contributed by atoms with Crippen molar-refractivity contribution in [1.82, 2.24) is 29.5 Å². The quantitative estimate of drug-likeness (QED) is 0.365. The van der Waals surface area contributed by atoms with Gasteiger partial charge in [-0.05, 0) is 26.0 Å². The van der Waals surface area contributed by atoms with Gasteiger partial charge in [0, 0.05) is 36.1 Å². The summed E-state index contributed by atoms with van der Waals surface area (Å²) in [7, 11) is 0. The van der Waals surface area contributed by atoms with E-state index in [-0.39, 0.29) is 25.1 Å². The molecule has 0 spiro atoms. The highest BCUT2D eigenvalue weighted by molar-refractivity contribution is 7.18. The zero-order valence-corrected chi connectivity index (χ0v) is 22.4. The predicted molar refractivity (Wildman–Crippen MR) is 145 cm³/mol. The smallest absolute Gasteiger partial charge is 0.268 e. The van der Waals surface area contributed by atoms with Crippen molar-refractivity contribution in [2.75, 3.05) is 11.9 Å². The number of nitrogens with one attached hydrogen (secondary N) is 1. The minimum absolute atomic E-state index is 0.0325. The molecule has 4 aromatic rings. The van der Waals surface area contributed by atoms with E-state index in [1.165, 1.54) is 16.2 Å². The van der Waals surface area contributed by atoms with Crippen molar-refractivity contribution in [3.63, 3.8) is 0 Å². The lowest BCUT2D eigenvalue weighted by atomic mass is 10.1. The zero-order valence-electron chi connectivity index (χ0n) is 21.5. The number of alkyl halides is 1. The van der Waals surface area contributed by atoms with Gasteiger partial charge in [-0.1, -0.05) is 6.07 Å². The third-order valence-electron chi connectivity index (χ3n) is 6.77. The normalized spacial score (nSPS) is 20.0. The number of anilines is 1. The van der Waals surface area contributed by atoms with Crippen molar-refractivity contribution in [2.24, 2.45) is 10.7 Å². The molecule has 4 aromatic heterocycles. The highest BCUT2D eigenvalue weighted by atomic mass is 32.1. The molecule has 0 saturated carbocycles. The molecule has 0 aliphatic carbocycles.